The molecule has 94 valence electrons. The Morgan fingerprint density at radius 2 is 2.24 bits per heavy atom. The number of anilines is 2. The zero-order valence-corrected chi connectivity index (χ0v) is 10.8. The molecule has 0 bridgehead atoms. The van der Waals surface area contributed by atoms with Crippen LogP contribution in [-0.2, 0) is 9.84 Å². The van der Waals surface area contributed by atoms with Gasteiger partial charge in [-0.3, -0.25) is 0 Å². The Kier molecular flexibility index (Phi) is 3.28. The Labute approximate surface area is 102 Å². The summed E-state index contributed by atoms with van der Waals surface area (Å²) >= 11 is 0. The standard InChI is InChI=1S/C12H18N2O2S/c1-9-2-3-11(13)12(6-9)14-7-10-4-5-17(15,16)8-10/h2-3,6,10,14H,4-5,7-8,13H2,1H3. The molecule has 0 aromatic heterocycles. The molecule has 1 aliphatic heterocycles. The number of benzene rings is 1. The number of nitrogens with two attached hydrogens (primary N) is 1. The molecule has 1 unspecified atom stereocenters. The topological polar surface area (TPSA) is 72.2 Å². The summed E-state index contributed by atoms with van der Waals surface area (Å²) in [5, 5.41) is 3.24. The van der Waals surface area contributed by atoms with Crippen molar-refractivity contribution in [3.05, 3.63) is 23.8 Å². The molecule has 1 heterocycles. The van der Waals surface area contributed by atoms with E-state index < -0.39 is 9.84 Å². The van der Waals surface area contributed by atoms with E-state index in [9.17, 15) is 8.42 Å². The van der Waals surface area contributed by atoms with Crippen LogP contribution < -0.4 is 11.1 Å². The highest BCUT2D eigenvalue weighted by Crippen LogP contribution is 2.23. The first kappa shape index (κ1) is 12.2. The summed E-state index contributed by atoms with van der Waals surface area (Å²) in [6.07, 6.45) is 0.751. The fourth-order valence-corrected chi connectivity index (χ4v) is 3.97. The Morgan fingerprint density at radius 1 is 1.47 bits per heavy atom. The quantitative estimate of drug-likeness (QED) is 0.800. The van der Waals surface area contributed by atoms with Gasteiger partial charge in [0.25, 0.3) is 0 Å². The van der Waals surface area contributed by atoms with Crippen molar-refractivity contribution in [1.82, 2.24) is 0 Å². The number of nitrogen functional groups attached to an aromatic ring is 1. The summed E-state index contributed by atoms with van der Waals surface area (Å²) in [6, 6.07) is 5.81. The minimum atomic E-state index is -2.79. The summed E-state index contributed by atoms with van der Waals surface area (Å²) in [5.41, 5.74) is 8.59. The van der Waals surface area contributed by atoms with Gasteiger partial charge in [0.05, 0.1) is 22.9 Å². The predicted molar refractivity (Wildman–Crippen MR) is 70.8 cm³/mol. The van der Waals surface area contributed by atoms with Crippen LogP contribution in [0.5, 0.6) is 0 Å². The van der Waals surface area contributed by atoms with E-state index in [0.29, 0.717) is 23.7 Å². The van der Waals surface area contributed by atoms with Crippen LogP contribution in [0.2, 0.25) is 0 Å². The molecular formula is C12H18N2O2S. The maximum atomic E-state index is 11.3. The Bertz CT molecular complexity index is 511. The van der Waals surface area contributed by atoms with Gasteiger partial charge in [-0.2, -0.15) is 0 Å². The SMILES string of the molecule is Cc1ccc(N)c(NCC2CCS(=O)(=O)C2)c1. The third kappa shape index (κ3) is 3.12. The Morgan fingerprint density at radius 3 is 2.88 bits per heavy atom. The van der Waals surface area contributed by atoms with Gasteiger partial charge >= 0.3 is 0 Å². The Hall–Kier alpha value is -1.23. The lowest BCUT2D eigenvalue weighted by Gasteiger charge is -2.13. The second-order valence-electron chi connectivity index (χ2n) is 4.74. The highest BCUT2D eigenvalue weighted by molar-refractivity contribution is 7.91. The molecule has 1 aliphatic rings. The van der Waals surface area contributed by atoms with Gasteiger partial charge in [0, 0.05) is 6.54 Å². The molecule has 2 rings (SSSR count). The fourth-order valence-electron chi connectivity index (χ4n) is 2.11. The fraction of sp³-hybridized carbons (Fsp3) is 0.500. The van der Waals surface area contributed by atoms with E-state index in [4.69, 9.17) is 5.73 Å². The molecule has 1 saturated heterocycles. The third-order valence-electron chi connectivity index (χ3n) is 3.12. The van der Waals surface area contributed by atoms with Crippen LogP contribution in [0.4, 0.5) is 11.4 Å². The van der Waals surface area contributed by atoms with Crippen LogP contribution in [-0.4, -0.2) is 26.5 Å². The largest absolute Gasteiger partial charge is 0.397 e. The third-order valence-corrected chi connectivity index (χ3v) is 4.95. The first-order chi connectivity index (χ1) is 7.96. The van der Waals surface area contributed by atoms with Crippen LogP contribution >= 0.6 is 0 Å². The number of aryl methyl sites for hydroxylation is 1. The van der Waals surface area contributed by atoms with Crippen molar-refractivity contribution in [3.8, 4) is 0 Å². The summed E-state index contributed by atoms with van der Waals surface area (Å²) in [5.74, 6) is 0.828. The van der Waals surface area contributed by atoms with E-state index in [1.807, 2.05) is 25.1 Å². The van der Waals surface area contributed by atoms with Gasteiger partial charge in [-0.25, -0.2) is 8.42 Å². The normalized spacial score (nSPS) is 22.5. The molecule has 5 heteroatoms. The maximum Gasteiger partial charge on any atom is 0.150 e. The minimum absolute atomic E-state index is 0.208. The van der Waals surface area contributed by atoms with Gasteiger partial charge < -0.3 is 11.1 Å². The average Bonchev–Trinajstić information content (AvgIpc) is 2.60. The summed E-state index contributed by atoms with van der Waals surface area (Å²) in [4.78, 5) is 0. The second-order valence-corrected chi connectivity index (χ2v) is 6.97. The molecule has 0 aliphatic carbocycles. The van der Waals surface area contributed by atoms with Crippen LogP contribution in [0.1, 0.15) is 12.0 Å². The highest BCUT2D eigenvalue weighted by atomic mass is 32.2. The lowest BCUT2D eigenvalue weighted by atomic mass is 10.1. The van der Waals surface area contributed by atoms with Crippen LogP contribution in [0.25, 0.3) is 0 Å². The molecule has 1 aromatic rings. The lowest BCUT2D eigenvalue weighted by Crippen LogP contribution is -2.16. The average molecular weight is 254 g/mol. The van der Waals surface area contributed by atoms with E-state index in [1.165, 1.54) is 0 Å². The smallest absolute Gasteiger partial charge is 0.150 e. The summed E-state index contributed by atoms with van der Waals surface area (Å²) in [7, 11) is -2.79. The molecule has 1 fully saturated rings. The minimum Gasteiger partial charge on any atom is -0.397 e. The van der Waals surface area contributed by atoms with E-state index in [2.05, 4.69) is 5.32 Å². The van der Waals surface area contributed by atoms with Gasteiger partial charge in [-0.05, 0) is 37.0 Å². The number of hydrogen-bond acceptors (Lipinski definition) is 4. The lowest BCUT2D eigenvalue weighted by molar-refractivity contribution is 0.596. The number of nitrogens with one attached hydrogen (secondary N) is 1. The first-order valence-corrected chi connectivity index (χ1v) is 7.59. The molecule has 1 aromatic carbocycles. The van der Waals surface area contributed by atoms with Gasteiger partial charge in [-0.15, -0.1) is 0 Å². The summed E-state index contributed by atoms with van der Waals surface area (Å²) in [6.45, 7) is 2.68. The molecular weight excluding hydrogens is 236 g/mol. The van der Waals surface area contributed by atoms with Crippen molar-refractivity contribution >= 4 is 21.2 Å². The van der Waals surface area contributed by atoms with Crippen molar-refractivity contribution in [2.75, 3.05) is 29.1 Å². The molecule has 1 atom stereocenters. The van der Waals surface area contributed by atoms with E-state index >= 15 is 0 Å². The Balaban J connectivity index is 1.97. The van der Waals surface area contributed by atoms with Gasteiger partial charge in [0.15, 0.2) is 9.84 Å². The monoisotopic (exact) mass is 254 g/mol. The summed E-state index contributed by atoms with van der Waals surface area (Å²) < 4.78 is 22.6. The van der Waals surface area contributed by atoms with Crippen LogP contribution in [0, 0.1) is 12.8 Å². The number of hydrogen-bond donors (Lipinski definition) is 2. The second kappa shape index (κ2) is 4.56. The van der Waals surface area contributed by atoms with Crippen molar-refractivity contribution in [2.45, 2.75) is 13.3 Å². The zero-order valence-electron chi connectivity index (χ0n) is 9.94. The zero-order chi connectivity index (χ0) is 12.5. The number of rotatable bonds is 3. The van der Waals surface area contributed by atoms with E-state index in [0.717, 1.165) is 17.7 Å². The van der Waals surface area contributed by atoms with Crippen molar-refractivity contribution < 1.29 is 8.42 Å². The molecule has 0 amide bonds. The van der Waals surface area contributed by atoms with Crippen molar-refractivity contribution in [3.63, 3.8) is 0 Å². The maximum absolute atomic E-state index is 11.3. The molecule has 0 radical (unpaired) electrons. The predicted octanol–water partition coefficient (Wildman–Crippen LogP) is 1.42. The van der Waals surface area contributed by atoms with Crippen LogP contribution in [0.15, 0.2) is 18.2 Å². The van der Waals surface area contributed by atoms with Gasteiger partial charge in [0.1, 0.15) is 0 Å². The van der Waals surface area contributed by atoms with Crippen molar-refractivity contribution in [1.29, 1.82) is 0 Å². The first-order valence-electron chi connectivity index (χ1n) is 5.77. The van der Waals surface area contributed by atoms with Gasteiger partial charge in [0.2, 0.25) is 0 Å². The molecule has 0 saturated carbocycles. The van der Waals surface area contributed by atoms with E-state index in [1.54, 1.807) is 0 Å². The molecule has 4 nitrogen and oxygen atoms in total. The molecule has 17 heavy (non-hydrogen) atoms. The molecule has 0 spiro atoms. The highest BCUT2D eigenvalue weighted by Gasteiger charge is 2.27. The van der Waals surface area contributed by atoms with Crippen molar-refractivity contribution in [2.24, 2.45) is 5.92 Å². The van der Waals surface area contributed by atoms with Crippen LogP contribution in [0.3, 0.4) is 0 Å². The number of sulfone groups is 1. The molecule has 3 N–H and O–H groups in total. The van der Waals surface area contributed by atoms with Gasteiger partial charge in [-0.1, -0.05) is 6.07 Å². The van der Waals surface area contributed by atoms with E-state index in [-0.39, 0.29) is 5.92 Å².